The van der Waals surface area contributed by atoms with Crippen LogP contribution in [-0.2, 0) is 0 Å². The number of nitrogens with zero attached hydrogens (tertiary/aromatic N) is 2. The number of benzene rings is 1. The van der Waals surface area contributed by atoms with E-state index in [0.717, 1.165) is 17.7 Å². The first-order chi connectivity index (χ1) is 9.24. The molecule has 0 atom stereocenters. The molecule has 0 aliphatic heterocycles. The molecule has 0 aliphatic carbocycles. The molecule has 1 amide bonds. The van der Waals surface area contributed by atoms with Gasteiger partial charge in [-0.25, -0.2) is 0 Å². The number of nitrogens with one attached hydrogen (secondary N) is 1. The molecule has 3 N–H and O–H groups in total. The van der Waals surface area contributed by atoms with E-state index in [1.54, 1.807) is 11.1 Å². The number of aromatic amines is 1. The molecule has 1 heterocycles. The lowest BCUT2D eigenvalue weighted by Crippen LogP contribution is -2.33. The first kappa shape index (κ1) is 13.3. The standard InChI is InChI=1S/C14H18N4O/c1-11-5-2-3-6-13(11)18(8-4-7-15)14(19)12-9-16-17-10-12/h2-3,5-6,9-10H,4,7-8,15H2,1H3,(H,16,17). The molecule has 5 heteroatoms. The van der Waals surface area contributed by atoms with Crippen LogP contribution in [0.4, 0.5) is 5.69 Å². The highest BCUT2D eigenvalue weighted by atomic mass is 16.2. The fourth-order valence-corrected chi connectivity index (χ4v) is 1.97. The molecular formula is C14H18N4O. The Morgan fingerprint density at radius 2 is 2.21 bits per heavy atom. The molecule has 100 valence electrons. The van der Waals surface area contributed by atoms with Crippen LogP contribution in [0.3, 0.4) is 0 Å². The third kappa shape index (κ3) is 3.00. The molecule has 1 aromatic carbocycles. The molecule has 0 aliphatic rings. The fraction of sp³-hybridized carbons (Fsp3) is 0.286. The lowest BCUT2D eigenvalue weighted by Gasteiger charge is -2.23. The van der Waals surface area contributed by atoms with E-state index in [-0.39, 0.29) is 5.91 Å². The van der Waals surface area contributed by atoms with Crippen LogP contribution < -0.4 is 10.6 Å². The second kappa shape index (κ2) is 6.15. The van der Waals surface area contributed by atoms with E-state index < -0.39 is 0 Å². The summed E-state index contributed by atoms with van der Waals surface area (Å²) in [6, 6.07) is 7.83. The Hall–Kier alpha value is -2.14. The summed E-state index contributed by atoms with van der Waals surface area (Å²) in [7, 11) is 0. The Bertz CT molecular complexity index is 536. The molecule has 0 saturated carbocycles. The predicted octanol–water partition coefficient (Wildman–Crippen LogP) is 1.71. The summed E-state index contributed by atoms with van der Waals surface area (Å²) in [5.41, 5.74) is 8.10. The molecule has 0 radical (unpaired) electrons. The van der Waals surface area contributed by atoms with Crippen molar-refractivity contribution in [3.8, 4) is 0 Å². The summed E-state index contributed by atoms with van der Waals surface area (Å²) in [6.07, 6.45) is 3.91. The van der Waals surface area contributed by atoms with Gasteiger partial charge < -0.3 is 10.6 Å². The normalized spacial score (nSPS) is 10.4. The number of aromatic nitrogens is 2. The van der Waals surface area contributed by atoms with Crippen LogP contribution >= 0.6 is 0 Å². The van der Waals surface area contributed by atoms with Crippen LogP contribution in [0.25, 0.3) is 0 Å². The number of nitrogens with two attached hydrogens (primary N) is 1. The van der Waals surface area contributed by atoms with E-state index in [2.05, 4.69) is 10.2 Å². The first-order valence-electron chi connectivity index (χ1n) is 6.30. The minimum Gasteiger partial charge on any atom is -0.330 e. The highest BCUT2D eigenvalue weighted by molar-refractivity contribution is 6.06. The van der Waals surface area contributed by atoms with Gasteiger partial charge in [0.1, 0.15) is 0 Å². The van der Waals surface area contributed by atoms with Gasteiger partial charge in [-0.05, 0) is 31.5 Å². The SMILES string of the molecule is Cc1ccccc1N(CCCN)C(=O)c1cn[nH]c1. The molecule has 19 heavy (non-hydrogen) atoms. The lowest BCUT2D eigenvalue weighted by atomic mass is 10.1. The number of H-pyrrole nitrogens is 1. The van der Waals surface area contributed by atoms with Crippen LogP contribution in [0.15, 0.2) is 36.7 Å². The third-order valence-electron chi connectivity index (χ3n) is 2.98. The van der Waals surface area contributed by atoms with Crippen LogP contribution in [0, 0.1) is 6.92 Å². The molecule has 0 bridgehead atoms. The first-order valence-corrected chi connectivity index (χ1v) is 6.30. The molecule has 5 nitrogen and oxygen atoms in total. The number of para-hydroxylation sites is 1. The van der Waals surface area contributed by atoms with Gasteiger partial charge in [-0.2, -0.15) is 5.10 Å². The van der Waals surface area contributed by atoms with Crippen LogP contribution in [0.2, 0.25) is 0 Å². The maximum Gasteiger partial charge on any atom is 0.261 e. The quantitative estimate of drug-likeness (QED) is 0.857. The van der Waals surface area contributed by atoms with Gasteiger partial charge >= 0.3 is 0 Å². The molecule has 2 aromatic rings. The Morgan fingerprint density at radius 3 is 2.84 bits per heavy atom. The van der Waals surface area contributed by atoms with Gasteiger partial charge in [0.05, 0.1) is 11.8 Å². The van der Waals surface area contributed by atoms with Crippen molar-refractivity contribution in [3.63, 3.8) is 0 Å². The van der Waals surface area contributed by atoms with Crippen molar-refractivity contribution in [2.24, 2.45) is 5.73 Å². The minimum absolute atomic E-state index is 0.0588. The van der Waals surface area contributed by atoms with E-state index in [1.165, 1.54) is 6.20 Å². The molecule has 1 aromatic heterocycles. The summed E-state index contributed by atoms with van der Waals surface area (Å²) >= 11 is 0. The van der Waals surface area contributed by atoms with Crippen molar-refractivity contribution in [2.45, 2.75) is 13.3 Å². The van der Waals surface area contributed by atoms with Crippen LogP contribution in [-0.4, -0.2) is 29.2 Å². The topological polar surface area (TPSA) is 75.0 Å². The van der Waals surface area contributed by atoms with Gasteiger partial charge in [0.2, 0.25) is 0 Å². The van der Waals surface area contributed by atoms with Gasteiger partial charge in [0.15, 0.2) is 0 Å². The molecule has 0 spiro atoms. The molecule has 2 rings (SSSR count). The fourth-order valence-electron chi connectivity index (χ4n) is 1.97. The average molecular weight is 258 g/mol. The second-order valence-corrected chi connectivity index (χ2v) is 4.37. The number of carbonyl (C=O) groups is 1. The molecular weight excluding hydrogens is 240 g/mol. The minimum atomic E-state index is -0.0588. The van der Waals surface area contributed by atoms with Gasteiger partial charge in [-0.1, -0.05) is 18.2 Å². The van der Waals surface area contributed by atoms with Crippen LogP contribution in [0.1, 0.15) is 22.3 Å². The summed E-state index contributed by atoms with van der Waals surface area (Å²) in [5, 5.41) is 6.49. The number of aryl methyl sites for hydroxylation is 1. The van der Waals surface area contributed by atoms with Crippen molar-refractivity contribution in [3.05, 3.63) is 47.8 Å². The zero-order valence-corrected chi connectivity index (χ0v) is 11.0. The summed E-state index contributed by atoms with van der Waals surface area (Å²) in [6.45, 7) is 3.15. The van der Waals surface area contributed by atoms with E-state index in [0.29, 0.717) is 18.7 Å². The number of hydrogen-bond donors (Lipinski definition) is 2. The number of hydrogen-bond acceptors (Lipinski definition) is 3. The average Bonchev–Trinajstić information content (AvgIpc) is 2.94. The Kier molecular flexibility index (Phi) is 4.30. The van der Waals surface area contributed by atoms with E-state index in [4.69, 9.17) is 5.73 Å². The van der Waals surface area contributed by atoms with Gasteiger partial charge in [-0.15, -0.1) is 0 Å². The number of anilines is 1. The summed E-state index contributed by atoms with van der Waals surface area (Å²) in [5.74, 6) is -0.0588. The zero-order valence-electron chi connectivity index (χ0n) is 11.0. The highest BCUT2D eigenvalue weighted by Crippen LogP contribution is 2.21. The Morgan fingerprint density at radius 1 is 1.42 bits per heavy atom. The molecule has 0 unspecified atom stereocenters. The van der Waals surface area contributed by atoms with E-state index in [1.807, 2.05) is 31.2 Å². The second-order valence-electron chi connectivity index (χ2n) is 4.37. The Labute approximate surface area is 112 Å². The van der Waals surface area contributed by atoms with Gasteiger partial charge in [0, 0.05) is 18.4 Å². The third-order valence-corrected chi connectivity index (χ3v) is 2.98. The van der Waals surface area contributed by atoms with E-state index >= 15 is 0 Å². The maximum absolute atomic E-state index is 12.5. The van der Waals surface area contributed by atoms with Crippen molar-refractivity contribution < 1.29 is 4.79 Å². The molecule has 0 saturated heterocycles. The monoisotopic (exact) mass is 258 g/mol. The summed E-state index contributed by atoms with van der Waals surface area (Å²) in [4.78, 5) is 14.2. The van der Waals surface area contributed by atoms with Crippen molar-refractivity contribution >= 4 is 11.6 Å². The van der Waals surface area contributed by atoms with Gasteiger partial charge in [0.25, 0.3) is 5.91 Å². The van der Waals surface area contributed by atoms with Gasteiger partial charge in [-0.3, -0.25) is 9.89 Å². The number of carbonyl (C=O) groups excluding carboxylic acids is 1. The van der Waals surface area contributed by atoms with Crippen molar-refractivity contribution in [1.82, 2.24) is 10.2 Å². The lowest BCUT2D eigenvalue weighted by molar-refractivity contribution is 0.0986. The number of amides is 1. The smallest absolute Gasteiger partial charge is 0.261 e. The largest absolute Gasteiger partial charge is 0.330 e. The van der Waals surface area contributed by atoms with Crippen molar-refractivity contribution in [1.29, 1.82) is 0 Å². The highest BCUT2D eigenvalue weighted by Gasteiger charge is 2.19. The van der Waals surface area contributed by atoms with Crippen LogP contribution in [0.5, 0.6) is 0 Å². The maximum atomic E-state index is 12.5. The number of rotatable bonds is 5. The summed E-state index contributed by atoms with van der Waals surface area (Å²) < 4.78 is 0. The van der Waals surface area contributed by atoms with E-state index in [9.17, 15) is 4.79 Å². The molecule has 0 fully saturated rings. The Balaban J connectivity index is 2.31. The zero-order chi connectivity index (χ0) is 13.7. The predicted molar refractivity (Wildman–Crippen MR) is 75.1 cm³/mol. The van der Waals surface area contributed by atoms with Crippen molar-refractivity contribution in [2.75, 3.05) is 18.0 Å².